The van der Waals surface area contributed by atoms with Crippen molar-refractivity contribution < 1.29 is 0 Å². The molecule has 0 bridgehead atoms. The van der Waals surface area contributed by atoms with E-state index in [1.807, 2.05) is 27.7 Å². The van der Waals surface area contributed by atoms with E-state index in [1.165, 1.54) is 25.7 Å². The second-order valence-corrected chi connectivity index (χ2v) is 8.61. The Bertz CT molecular complexity index is 726. The Labute approximate surface area is 186 Å². The van der Waals surface area contributed by atoms with E-state index in [4.69, 9.17) is 23.2 Å². The number of hydrogen-bond acceptors (Lipinski definition) is 10. The monoisotopic (exact) mass is 454 g/mol. The zero-order chi connectivity index (χ0) is 21.7. The molecule has 0 amide bonds. The number of anilines is 4. The van der Waals surface area contributed by atoms with Crippen molar-refractivity contribution in [1.29, 1.82) is 0 Å². The van der Waals surface area contributed by atoms with Crippen molar-refractivity contribution in [2.75, 3.05) is 21.3 Å². The molecular formula is C18H28Cl2N10. The summed E-state index contributed by atoms with van der Waals surface area (Å²) >= 11 is 11.6. The van der Waals surface area contributed by atoms with Crippen LogP contribution in [0.1, 0.15) is 53.4 Å². The van der Waals surface area contributed by atoms with E-state index < -0.39 is 0 Å². The van der Waals surface area contributed by atoms with Crippen LogP contribution >= 0.6 is 23.2 Å². The highest BCUT2D eigenvalue weighted by Crippen LogP contribution is 2.24. The van der Waals surface area contributed by atoms with Gasteiger partial charge in [-0.1, -0.05) is 0 Å². The summed E-state index contributed by atoms with van der Waals surface area (Å²) in [6.07, 6.45) is 4.71. The molecule has 0 radical (unpaired) electrons. The molecule has 2 heterocycles. The SMILES string of the molecule is CC(C)Nc1nc(Cl)nc(NC2CC2)n1.CC(C)Nc1nc(Cl)nc(NC2CC2)n1. The minimum atomic E-state index is 0.219. The van der Waals surface area contributed by atoms with Gasteiger partial charge in [0.25, 0.3) is 0 Å². The smallest absolute Gasteiger partial charge is 0.229 e. The highest BCUT2D eigenvalue weighted by atomic mass is 35.5. The Morgan fingerprint density at radius 2 is 0.933 bits per heavy atom. The van der Waals surface area contributed by atoms with Gasteiger partial charge in [0, 0.05) is 24.2 Å². The molecule has 4 N–H and O–H groups in total. The Balaban J connectivity index is 0.000000171. The molecule has 2 aromatic rings. The van der Waals surface area contributed by atoms with Crippen LogP contribution in [0.4, 0.5) is 23.8 Å². The van der Waals surface area contributed by atoms with Crippen LogP contribution in [0, 0.1) is 0 Å². The third-order valence-electron chi connectivity index (χ3n) is 3.87. The van der Waals surface area contributed by atoms with Crippen molar-refractivity contribution >= 4 is 47.0 Å². The van der Waals surface area contributed by atoms with Gasteiger partial charge in [0.15, 0.2) is 0 Å². The first-order valence-electron chi connectivity index (χ1n) is 10.2. The number of nitrogens with zero attached hydrogens (tertiary/aromatic N) is 6. The first-order valence-corrected chi connectivity index (χ1v) is 10.9. The predicted molar refractivity (Wildman–Crippen MR) is 120 cm³/mol. The molecule has 2 aliphatic rings. The van der Waals surface area contributed by atoms with Gasteiger partial charge in [0.05, 0.1) is 0 Å². The molecule has 0 saturated heterocycles. The molecule has 0 aliphatic heterocycles. The third-order valence-corrected chi connectivity index (χ3v) is 4.21. The van der Waals surface area contributed by atoms with E-state index in [2.05, 4.69) is 51.2 Å². The van der Waals surface area contributed by atoms with E-state index in [0.717, 1.165) is 0 Å². The summed E-state index contributed by atoms with van der Waals surface area (Å²) in [6, 6.07) is 1.57. The number of nitrogens with one attached hydrogen (secondary N) is 4. The van der Waals surface area contributed by atoms with Crippen LogP contribution in [-0.2, 0) is 0 Å². The van der Waals surface area contributed by atoms with Crippen molar-refractivity contribution in [2.24, 2.45) is 0 Å². The quantitative estimate of drug-likeness (QED) is 0.466. The van der Waals surface area contributed by atoms with Crippen LogP contribution in [-0.4, -0.2) is 54.1 Å². The van der Waals surface area contributed by atoms with Crippen molar-refractivity contribution in [3.8, 4) is 0 Å². The first kappa shape index (κ1) is 22.5. The Morgan fingerprint density at radius 1 is 0.600 bits per heavy atom. The molecule has 2 fully saturated rings. The lowest BCUT2D eigenvalue weighted by Crippen LogP contribution is -2.15. The second-order valence-electron chi connectivity index (χ2n) is 7.94. The van der Waals surface area contributed by atoms with E-state index in [-0.39, 0.29) is 22.7 Å². The Kier molecular flexibility index (Phi) is 7.65. The summed E-state index contributed by atoms with van der Waals surface area (Å²) in [4.78, 5) is 24.5. The van der Waals surface area contributed by atoms with Crippen molar-refractivity contribution in [2.45, 2.75) is 77.5 Å². The van der Waals surface area contributed by atoms with Crippen LogP contribution < -0.4 is 21.3 Å². The molecule has 0 unspecified atom stereocenters. The van der Waals surface area contributed by atoms with E-state index >= 15 is 0 Å². The van der Waals surface area contributed by atoms with E-state index in [9.17, 15) is 0 Å². The predicted octanol–water partition coefficient (Wildman–Crippen LogP) is 3.84. The van der Waals surface area contributed by atoms with E-state index in [1.54, 1.807) is 0 Å². The lowest BCUT2D eigenvalue weighted by molar-refractivity contribution is 0.864. The number of aromatic nitrogens is 6. The summed E-state index contributed by atoms with van der Waals surface area (Å²) in [5.74, 6) is 2.16. The zero-order valence-electron chi connectivity index (χ0n) is 17.6. The maximum atomic E-state index is 5.80. The summed E-state index contributed by atoms with van der Waals surface area (Å²) in [6.45, 7) is 8.08. The van der Waals surface area contributed by atoms with Gasteiger partial charge in [0.1, 0.15) is 0 Å². The molecule has 12 heteroatoms. The molecule has 0 spiro atoms. The summed E-state index contributed by atoms with van der Waals surface area (Å²) in [5.41, 5.74) is 0. The largest absolute Gasteiger partial charge is 0.352 e. The molecule has 2 saturated carbocycles. The van der Waals surface area contributed by atoms with Crippen molar-refractivity contribution in [1.82, 2.24) is 29.9 Å². The third kappa shape index (κ3) is 8.27. The lowest BCUT2D eigenvalue weighted by Gasteiger charge is -2.09. The van der Waals surface area contributed by atoms with Gasteiger partial charge in [0.2, 0.25) is 34.4 Å². The van der Waals surface area contributed by atoms with Crippen LogP contribution in [0.5, 0.6) is 0 Å². The standard InChI is InChI=1S/2C9H14ClN5/c2*1-5(2)11-8-13-7(10)14-9(15-8)12-6-3-4-6/h2*5-6H,3-4H2,1-2H3,(H2,11,12,13,14,15). The van der Waals surface area contributed by atoms with Crippen LogP contribution in [0.25, 0.3) is 0 Å². The molecule has 2 aliphatic carbocycles. The average Bonchev–Trinajstić information content (AvgIpc) is 3.50. The van der Waals surface area contributed by atoms with Gasteiger partial charge in [-0.2, -0.15) is 29.9 Å². The van der Waals surface area contributed by atoms with Crippen molar-refractivity contribution in [3.63, 3.8) is 0 Å². The fourth-order valence-corrected chi connectivity index (χ4v) is 2.62. The molecule has 164 valence electrons. The Hall–Kier alpha value is -2.20. The molecule has 30 heavy (non-hydrogen) atoms. The van der Waals surface area contributed by atoms with Crippen LogP contribution in [0.15, 0.2) is 0 Å². The highest BCUT2D eigenvalue weighted by molar-refractivity contribution is 6.28. The minimum absolute atomic E-state index is 0.219. The van der Waals surface area contributed by atoms with E-state index in [0.29, 0.717) is 35.9 Å². The molecule has 0 atom stereocenters. The summed E-state index contributed by atoms with van der Waals surface area (Å²) in [7, 11) is 0. The van der Waals surface area contributed by atoms with Gasteiger partial charge < -0.3 is 21.3 Å². The average molecular weight is 455 g/mol. The summed E-state index contributed by atoms with van der Waals surface area (Å²) in [5, 5.41) is 13.0. The van der Waals surface area contributed by atoms with Crippen molar-refractivity contribution in [3.05, 3.63) is 10.6 Å². The minimum Gasteiger partial charge on any atom is -0.352 e. The van der Waals surface area contributed by atoms with Gasteiger partial charge in [-0.05, 0) is 76.6 Å². The maximum absolute atomic E-state index is 5.80. The molecule has 4 rings (SSSR count). The lowest BCUT2D eigenvalue weighted by atomic mass is 10.4. The normalized spacial score (nSPS) is 15.5. The summed E-state index contributed by atoms with van der Waals surface area (Å²) < 4.78 is 0. The number of hydrogen-bond donors (Lipinski definition) is 4. The van der Waals surface area contributed by atoms with Crippen LogP contribution in [0.2, 0.25) is 10.6 Å². The zero-order valence-corrected chi connectivity index (χ0v) is 19.1. The molecular weight excluding hydrogens is 427 g/mol. The number of rotatable bonds is 8. The molecule has 0 aromatic carbocycles. The first-order chi connectivity index (χ1) is 14.3. The van der Waals surface area contributed by atoms with Crippen LogP contribution in [0.3, 0.4) is 0 Å². The fourth-order valence-electron chi connectivity index (χ4n) is 2.30. The molecule has 10 nitrogen and oxygen atoms in total. The van der Waals surface area contributed by atoms with Gasteiger partial charge in [-0.3, -0.25) is 0 Å². The fraction of sp³-hybridized carbons (Fsp3) is 0.667. The highest BCUT2D eigenvalue weighted by Gasteiger charge is 2.23. The topological polar surface area (TPSA) is 125 Å². The maximum Gasteiger partial charge on any atom is 0.229 e. The number of halogens is 2. The van der Waals surface area contributed by atoms with Gasteiger partial charge in [-0.15, -0.1) is 0 Å². The van der Waals surface area contributed by atoms with Gasteiger partial charge >= 0.3 is 0 Å². The van der Waals surface area contributed by atoms with Gasteiger partial charge in [-0.25, -0.2) is 0 Å². The molecule has 2 aromatic heterocycles. The second kappa shape index (κ2) is 10.2. The Morgan fingerprint density at radius 3 is 1.23 bits per heavy atom.